The van der Waals surface area contributed by atoms with Gasteiger partial charge in [-0.25, -0.2) is 0 Å². The zero-order chi connectivity index (χ0) is 17.9. The minimum atomic E-state index is -0.490. The van der Waals surface area contributed by atoms with E-state index in [-0.39, 0.29) is 39.7 Å². The van der Waals surface area contributed by atoms with Crippen LogP contribution in [0.15, 0.2) is 45.6 Å². The molecule has 0 fully saturated rings. The summed E-state index contributed by atoms with van der Waals surface area (Å²) >= 11 is 4.74. The molecule has 9 heteroatoms. The molecule has 0 aliphatic rings. The fraction of sp³-hybridized carbons (Fsp3) is 0. The first-order valence-electron chi connectivity index (χ1n) is 6.31. The third kappa shape index (κ3) is 4.29. The Morgan fingerprint density at radius 2 is 1.54 bits per heavy atom. The Hall–Kier alpha value is -1.11. The molecule has 0 aliphatic heterocycles. The van der Waals surface area contributed by atoms with Gasteiger partial charge in [-0.15, -0.1) is 0 Å². The monoisotopic (exact) mass is 591 g/mol. The average molecular weight is 591 g/mol. The molecule has 0 aliphatic carbocycles. The van der Waals surface area contributed by atoms with Crippen LogP contribution in [-0.4, -0.2) is 20.4 Å². The first kappa shape index (κ1) is 19.2. The summed E-state index contributed by atoms with van der Waals surface area (Å²) in [7, 11) is 0.628. The Bertz CT molecular complexity index is 941. The van der Waals surface area contributed by atoms with Gasteiger partial charge in [0.15, 0.2) is 16.9 Å². The molecule has 0 bridgehead atoms. The quantitative estimate of drug-likeness (QED) is 0.251. The molecule has 0 spiro atoms. The number of fused-ring (bicyclic) bond motifs is 1. The second kappa shape index (κ2) is 8.32. The van der Waals surface area contributed by atoms with E-state index in [1.165, 1.54) is 24.3 Å². The van der Waals surface area contributed by atoms with E-state index >= 15 is 0 Å². The van der Waals surface area contributed by atoms with Gasteiger partial charge in [0.05, 0.1) is 0 Å². The average Bonchev–Trinajstić information content (AvgIpc) is 2.49. The molecule has 0 radical (unpaired) electrons. The van der Waals surface area contributed by atoms with Crippen molar-refractivity contribution in [3.63, 3.8) is 0 Å². The Kier molecular flexibility index (Phi) is 6.66. The van der Waals surface area contributed by atoms with Crippen LogP contribution in [0, 0.1) is 0 Å². The second-order valence-corrected chi connectivity index (χ2v) is 16.4. The van der Waals surface area contributed by atoms with Gasteiger partial charge in [-0.3, -0.25) is 4.79 Å². The standard InChI is InChI=1S/C15H10O6.2HI.V/c16-8-4-11(19)15-12(20)6-13(21-14(15)5-8)7-1-2-9(17)10(18)3-7;;;/h1-6,16-19H;2*1H;/q;;;+2/p-2. The van der Waals surface area contributed by atoms with E-state index in [0.29, 0.717) is 15.0 Å². The molecule has 4 N–H and O–H groups in total. The zero-order valence-electron chi connectivity index (χ0n) is 11.8. The van der Waals surface area contributed by atoms with E-state index in [1.807, 2.05) is 0 Å². The van der Waals surface area contributed by atoms with Crippen LogP contribution >= 0.6 is 40.0 Å². The van der Waals surface area contributed by atoms with Crippen molar-refractivity contribution in [1.29, 1.82) is 0 Å². The van der Waals surface area contributed by atoms with Crippen LogP contribution in [0.5, 0.6) is 23.0 Å². The SMILES string of the molecule is O=c1cc(-c2ccc(O)c(O)c2)oc2cc(O)cc(O)c12.[I][V][I]. The maximum atomic E-state index is 12.0. The van der Waals surface area contributed by atoms with Crippen molar-refractivity contribution in [2.24, 2.45) is 0 Å². The summed E-state index contributed by atoms with van der Waals surface area (Å²) in [5.74, 6) is -1.13. The van der Waals surface area contributed by atoms with Gasteiger partial charge < -0.3 is 24.8 Å². The molecule has 0 atom stereocenters. The normalized spacial score (nSPS) is 10.1. The molecule has 0 amide bonds. The van der Waals surface area contributed by atoms with Crippen molar-refractivity contribution in [3.05, 3.63) is 46.6 Å². The molecule has 24 heavy (non-hydrogen) atoms. The fourth-order valence-corrected chi connectivity index (χ4v) is 2.07. The van der Waals surface area contributed by atoms with Gasteiger partial charge in [0.2, 0.25) is 0 Å². The summed E-state index contributed by atoms with van der Waals surface area (Å²) in [6.45, 7) is 0. The molecule has 6 nitrogen and oxygen atoms in total. The van der Waals surface area contributed by atoms with Gasteiger partial charge in [-0.2, -0.15) is 0 Å². The third-order valence-corrected chi connectivity index (χ3v) is 3.05. The molecule has 1 heterocycles. The number of aromatic hydroxyl groups is 4. The van der Waals surface area contributed by atoms with Crippen LogP contribution in [0.25, 0.3) is 22.3 Å². The van der Waals surface area contributed by atoms with Crippen LogP contribution in [0.1, 0.15) is 0 Å². The van der Waals surface area contributed by atoms with Gasteiger partial charge in [-0.1, -0.05) is 0 Å². The van der Waals surface area contributed by atoms with Crippen molar-refractivity contribution in [2.75, 3.05) is 0 Å². The van der Waals surface area contributed by atoms with E-state index in [4.69, 9.17) is 4.42 Å². The van der Waals surface area contributed by atoms with E-state index < -0.39 is 5.43 Å². The van der Waals surface area contributed by atoms with Crippen molar-refractivity contribution < 1.29 is 34.3 Å². The number of rotatable bonds is 1. The fourth-order valence-electron chi connectivity index (χ4n) is 2.07. The Morgan fingerprint density at radius 1 is 0.875 bits per heavy atom. The van der Waals surface area contributed by atoms with E-state index in [2.05, 4.69) is 40.0 Å². The third-order valence-electron chi connectivity index (χ3n) is 3.05. The summed E-state index contributed by atoms with van der Waals surface area (Å²) in [4.78, 5) is 12.0. The van der Waals surface area contributed by atoms with E-state index in [9.17, 15) is 25.2 Å². The van der Waals surface area contributed by atoms with E-state index in [1.54, 1.807) is 0 Å². The summed E-state index contributed by atoms with van der Waals surface area (Å²) in [6, 6.07) is 7.37. The first-order valence-corrected chi connectivity index (χ1v) is 15.3. The predicted octanol–water partition coefficient (Wildman–Crippen LogP) is 4.05. The van der Waals surface area contributed by atoms with Crippen molar-refractivity contribution >= 4 is 50.9 Å². The molecular weight excluding hydrogens is 581 g/mol. The van der Waals surface area contributed by atoms with Crippen molar-refractivity contribution in [3.8, 4) is 34.3 Å². The summed E-state index contributed by atoms with van der Waals surface area (Å²) in [6.07, 6.45) is 0. The zero-order valence-corrected chi connectivity index (χ0v) is 17.5. The Morgan fingerprint density at radius 3 is 2.17 bits per heavy atom. The van der Waals surface area contributed by atoms with Gasteiger partial charge in [0.25, 0.3) is 0 Å². The molecule has 3 aromatic rings. The van der Waals surface area contributed by atoms with Gasteiger partial charge in [0, 0.05) is 23.8 Å². The number of hydrogen-bond acceptors (Lipinski definition) is 6. The maximum absolute atomic E-state index is 12.0. The van der Waals surface area contributed by atoms with Gasteiger partial charge in [0.1, 0.15) is 28.2 Å². The second-order valence-electron chi connectivity index (χ2n) is 4.58. The molecule has 0 unspecified atom stereocenters. The first-order chi connectivity index (χ1) is 11.4. The summed E-state index contributed by atoms with van der Waals surface area (Å²) in [5, 5.41) is 37.9. The van der Waals surface area contributed by atoms with Crippen LogP contribution in [0.3, 0.4) is 0 Å². The Balaban J connectivity index is 0.000000647. The molecule has 1 aromatic heterocycles. The molecule has 125 valence electrons. The van der Waals surface area contributed by atoms with Crippen LogP contribution < -0.4 is 5.43 Å². The molecule has 0 saturated heterocycles. The molecule has 3 rings (SSSR count). The van der Waals surface area contributed by atoms with Crippen LogP contribution in [0.2, 0.25) is 0 Å². The Labute approximate surface area is 165 Å². The topological polar surface area (TPSA) is 111 Å². The molecular formula is C15H10I2O6V. The summed E-state index contributed by atoms with van der Waals surface area (Å²) < 4.78 is 5.47. The van der Waals surface area contributed by atoms with Gasteiger partial charge in [-0.05, 0) is 18.2 Å². The number of phenolic OH excluding ortho intramolecular Hbond substituents is 4. The van der Waals surface area contributed by atoms with Crippen LogP contribution in [-0.2, 0) is 9.47 Å². The van der Waals surface area contributed by atoms with Gasteiger partial charge >= 0.3 is 49.4 Å². The van der Waals surface area contributed by atoms with Crippen molar-refractivity contribution in [1.82, 2.24) is 0 Å². The minimum absolute atomic E-state index is 0.0163. The van der Waals surface area contributed by atoms with E-state index in [0.717, 1.165) is 12.1 Å². The van der Waals surface area contributed by atoms with Crippen molar-refractivity contribution in [2.45, 2.75) is 0 Å². The number of benzene rings is 2. The number of halogens is 2. The summed E-state index contributed by atoms with van der Waals surface area (Å²) in [5.41, 5.74) is -0.106. The number of phenols is 4. The number of hydrogen-bond donors (Lipinski definition) is 4. The molecule has 0 saturated carbocycles. The van der Waals surface area contributed by atoms with Crippen LogP contribution in [0.4, 0.5) is 0 Å². The molecule has 2 aromatic carbocycles. The predicted molar refractivity (Wildman–Crippen MR) is 103 cm³/mol.